The second-order valence-corrected chi connectivity index (χ2v) is 5.67. The summed E-state index contributed by atoms with van der Waals surface area (Å²) in [6.45, 7) is 0.636. The molecule has 9 heteroatoms. The Hall–Kier alpha value is -0.380. The van der Waals surface area contributed by atoms with E-state index in [-0.39, 0.29) is 0 Å². The van der Waals surface area contributed by atoms with Crippen LogP contribution < -0.4 is 4.72 Å². The summed E-state index contributed by atoms with van der Waals surface area (Å²) in [5.74, 6) is 0. The molecule has 0 saturated heterocycles. The first kappa shape index (κ1) is 15.6. The molecule has 98 valence electrons. The molecule has 0 spiro atoms. The predicted molar refractivity (Wildman–Crippen MR) is 51.9 cm³/mol. The molecule has 0 bridgehead atoms. The lowest BCUT2D eigenvalue weighted by Gasteiger charge is -2.32. The lowest BCUT2D eigenvalue weighted by molar-refractivity contribution is -0.121. The van der Waals surface area contributed by atoms with E-state index in [1.54, 1.807) is 0 Å². The average molecular weight is 264 g/mol. The summed E-state index contributed by atoms with van der Waals surface area (Å²) in [5, 5.41) is 8.90. The monoisotopic (exact) mass is 264 g/mol. The highest BCUT2D eigenvalue weighted by Crippen LogP contribution is 2.17. The Morgan fingerprint density at radius 2 is 1.75 bits per heavy atom. The number of nitrogens with zero attached hydrogens (tertiary/aromatic N) is 1. The van der Waals surface area contributed by atoms with E-state index in [9.17, 15) is 21.6 Å². The van der Waals surface area contributed by atoms with E-state index in [1.165, 1.54) is 18.6 Å². The van der Waals surface area contributed by atoms with Crippen molar-refractivity contribution in [2.45, 2.75) is 25.6 Å². The highest BCUT2D eigenvalue weighted by molar-refractivity contribution is 7.87. The first-order chi connectivity index (χ1) is 6.92. The Labute approximate surface area is 92.4 Å². The highest BCUT2D eigenvalue weighted by atomic mass is 32.2. The number of nitrogens with one attached hydrogen (secondary N) is 1. The Morgan fingerprint density at radius 3 is 2.06 bits per heavy atom. The number of hydrogen-bond acceptors (Lipinski definition) is 3. The summed E-state index contributed by atoms with van der Waals surface area (Å²) in [5.41, 5.74) is -1.17. The van der Waals surface area contributed by atoms with Crippen molar-refractivity contribution in [1.29, 1.82) is 0 Å². The van der Waals surface area contributed by atoms with Crippen molar-refractivity contribution < 1.29 is 26.7 Å². The molecule has 0 aliphatic rings. The molecular weight excluding hydrogens is 249 g/mol. The fraction of sp³-hybridized carbons (Fsp3) is 1.00. The molecule has 0 unspecified atom stereocenters. The summed E-state index contributed by atoms with van der Waals surface area (Å²) < 4.78 is 60.3. The van der Waals surface area contributed by atoms with Crippen molar-refractivity contribution in [3.8, 4) is 0 Å². The smallest absolute Gasteiger partial charge is 0.394 e. The fourth-order valence-electron chi connectivity index (χ4n) is 0.695. The van der Waals surface area contributed by atoms with Crippen molar-refractivity contribution in [3.05, 3.63) is 0 Å². The van der Waals surface area contributed by atoms with Gasteiger partial charge in [0.05, 0.1) is 12.1 Å². The van der Waals surface area contributed by atoms with Crippen molar-refractivity contribution in [1.82, 2.24) is 9.03 Å². The molecule has 0 heterocycles. The van der Waals surface area contributed by atoms with Crippen molar-refractivity contribution in [3.63, 3.8) is 0 Å². The van der Waals surface area contributed by atoms with E-state index >= 15 is 0 Å². The standard InChI is InChI=1S/C7H15F3N2O3S/c1-6(2,5-13)12(3)16(14,15)11-4-7(8,9)10/h11,13H,4-5H2,1-3H3. The molecule has 16 heavy (non-hydrogen) atoms. The molecule has 0 atom stereocenters. The zero-order chi connectivity index (χ0) is 13.2. The lowest BCUT2D eigenvalue weighted by atomic mass is 10.1. The second kappa shape index (κ2) is 4.86. The predicted octanol–water partition coefficient (Wildman–Crippen LogP) is 0.0858. The van der Waals surface area contributed by atoms with Gasteiger partial charge in [-0.05, 0) is 13.8 Å². The van der Waals surface area contributed by atoms with E-state index in [0.29, 0.717) is 4.31 Å². The van der Waals surface area contributed by atoms with Gasteiger partial charge >= 0.3 is 6.18 Å². The van der Waals surface area contributed by atoms with Crippen LogP contribution in [0.15, 0.2) is 0 Å². The first-order valence-corrected chi connectivity index (χ1v) is 5.77. The molecule has 0 saturated carbocycles. The van der Waals surface area contributed by atoms with Crippen LogP contribution in [0.3, 0.4) is 0 Å². The van der Waals surface area contributed by atoms with Crippen LogP contribution in [0.1, 0.15) is 13.8 Å². The van der Waals surface area contributed by atoms with Crippen LogP contribution >= 0.6 is 0 Å². The lowest BCUT2D eigenvalue weighted by Crippen LogP contribution is -2.53. The van der Waals surface area contributed by atoms with E-state index in [1.807, 2.05) is 0 Å². The summed E-state index contributed by atoms with van der Waals surface area (Å²) in [7, 11) is -3.17. The third-order valence-electron chi connectivity index (χ3n) is 2.05. The largest absolute Gasteiger partial charge is 0.402 e. The van der Waals surface area contributed by atoms with Gasteiger partial charge < -0.3 is 5.11 Å². The zero-order valence-corrected chi connectivity index (χ0v) is 9.98. The van der Waals surface area contributed by atoms with Gasteiger partial charge in [0.15, 0.2) is 0 Å². The topological polar surface area (TPSA) is 69.6 Å². The minimum absolute atomic E-state index is 0.504. The van der Waals surface area contributed by atoms with Crippen LogP contribution in [-0.2, 0) is 10.2 Å². The van der Waals surface area contributed by atoms with E-state index in [0.717, 1.165) is 7.05 Å². The molecule has 0 aromatic heterocycles. The number of hydrogen-bond donors (Lipinski definition) is 2. The third-order valence-corrected chi connectivity index (χ3v) is 3.78. The number of alkyl halides is 3. The highest BCUT2D eigenvalue weighted by Gasteiger charge is 2.35. The van der Waals surface area contributed by atoms with Crippen molar-refractivity contribution in [2.24, 2.45) is 0 Å². The molecule has 0 aliphatic heterocycles. The maximum absolute atomic E-state index is 11.8. The normalized spacial score (nSPS) is 14.5. The molecule has 0 aromatic carbocycles. The van der Waals surface area contributed by atoms with Gasteiger partial charge in [-0.2, -0.15) is 30.6 Å². The second-order valence-electron chi connectivity index (χ2n) is 3.88. The van der Waals surface area contributed by atoms with Crippen LogP contribution in [0.25, 0.3) is 0 Å². The average Bonchev–Trinajstić information content (AvgIpc) is 2.13. The molecule has 0 aliphatic carbocycles. The minimum Gasteiger partial charge on any atom is -0.394 e. The van der Waals surface area contributed by atoms with Crippen LogP contribution in [0, 0.1) is 0 Å². The molecule has 2 N–H and O–H groups in total. The van der Waals surface area contributed by atoms with E-state index in [2.05, 4.69) is 0 Å². The summed E-state index contributed by atoms with van der Waals surface area (Å²) in [6, 6.07) is 0. The Kier molecular flexibility index (Phi) is 4.75. The minimum atomic E-state index is -4.61. The third kappa shape index (κ3) is 4.64. The molecule has 0 amide bonds. The Balaban J connectivity index is 4.69. The summed E-state index contributed by atoms with van der Waals surface area (Å²) in [4.78, 5) is 0. The Bertz CT molecular complexity index is 326. The first-order valence-electron chi connectivity index (χ1n) is 4.33. The van der Waals surface area contributed by atoms with Crippen LogP contribution in [0.4, 0.5) is 13.2 Å². The van der Waals surface area contributed by atoms with Gasteiger partial charge in [-0.25, -0.2) is 0 Å². The summed E-state index contributed by atoms with van der Waals surface area (Å²) in [6.07, 6.45) is -4.61. The number of halogens is 3. The molecule has 0 radical (unpaired) electrons. The molecule has 5 nitrogen and oxygen atoms in total. The SMILES string of the molecule is CN(C(C)(C)CO)S(=O)(=O)NCC(F)(F)F. The maximum atomic E-state index is 11.8. The number of likely N-dealkylation sites (N-methyl/N-ethyl adjacent to an activating group) is 1. The van der Waals surface area contributed by atoms with Crippen LogP contribution in [0.2, 0.25) is 0 Å². The van der Waals surface area contributed by atoms with Gasteiger partial charge in [0.1, 0.15) is 6.54 Å². The molecular formula is C7H15F3N2O3S. The van der Waals surface area contributed by atoms with Gasteiger partial charge in [0.2, 0.25) is 0 Å². The number of aliphatic hydroxyl groups is 1. The maximum Gasteiger partial charge on any atom is 0.402 e. The van der Waals surface area contributed by atoms with Gasteiger partial charge in [-0.15, -0.1) is 0 Å². The quantitative estimate of drug-likeness (QED) is 0.739. The van der Waals surface area contributed by atoms with Crippen molar-refractivity contribution >= 4 is 10.2 Å². The van der Waals surface area contributed by atoms with Gasteiger partial charge in [-0.3, -0.25) is 0 Å². The van der Waals surface area contributed by atoms with E-state index < -0.39 is 35.1 Å². The van der Waals surface area contributed by atoms with Crippen molar-refractivity contribution in [2.75, 3.05) is 20.2 Å². The fourth-order valence-corrected chi connectivity index (χ4v) is 1.94. The summed E-state index contributed by atoms with van der Waals surface area (Å²) >= 11 is 0. The number of aliphatic hydroxyl groups excluding tert-OH is 1. The van der Waals surface area contributed by atoms with Gasteiger partial charge in [0, 0.05) is 7.05 Å². The molecule has 0 fully saturated rings. The molecule has 0 rings (SSSR count). The van der Waals surface area contributed by atoms with Gasteiger partial charge in [-0.1, -0.05) is 0 Å². The zero-order valence-electron chi connectivity index (χ0n) is 9.17. The number of rotatable bonds is 5. The molecule has 0 aromatic rings. The van der Waals surface area contributed by atoms with E-state index in [4.69, 9.17) is 5.11 Å². The Morgan fingerprint density at radius 1 is 1.31 bits per heavy atom. The van der Waals surface area contributed by atoms with Crippen LogP contribution in [0.5, 0.6) is 0 Å². The van der Waals surface area contributed by atoms with Crippen LogP contribution in [-0.4, -0.2) is 49.7 Å². The van der Waals surface area contributed by atoms with Gasteiger partial charge in [0.25, 0.3) is 10.2 Å².